The fourth-order valence-corrected chi connectivity index (χ4v) is 9.66. The van der Waals surface area contributed by atoms with Crippen molar-refractivity contribution in [3.8, 4) is 23.0 Å². The Hall–Kier alpha value is -4.01. The number of methoxy groups -OCH3 is 1. The number of halogens is 1. The number of nitrogens with zero attached hydrogens (tertiary/aromatic N) is 2. The van der Waals surface area contributed by atoms with E-state index < -0.39 is 5.60 Å². The average molecular weight is 812 g/mol. The fourth-order valence-electron chi connectivity index (χ4n) is 7.92. The second kappa shape index (κ2) is 20.4. The number of hydrogen-bond donors (Lipinski definition) is 1. The summed E-state index contributed by atoms with van der Waals surface area (Å²) < 4.78 is 48.2. The summed E-state index contributed by atoms with van der Waals surface area (Å²) >= 11 is 0. The second-order valence-corrected chi connectivity index (χ2v) is 17.5. The maximum absolute atomic E-state index is 13.7. The van der Waals surface area contributed by atoms with E-state index in [9.17, 15) is 14.0 Å². The molecule has 3 aliphatic rings. The van der Waals surface area contributed by atoms with Gasteiger partial charge in [-0.2, -0.15) is 0 Å². The number of carbonyl (C=O) groups excluding carboxylic acids is 2. The summed E-state index contributed by atoms with van der Waals surface area (Å²) in [7, 11) is 8.98. The number of fused-ring (bicyclic) bond motifs is 1. The maximum Gasteiger partial charge on any atom is 0.409 e. The largest absolute Gasteiger partial charge is 0.497 e. The van der Waals surface area contributed by atoms with Gasteiger partial charge in [-0.05, 0) is 99.6 Å². The van der Waals surface area contributed by atoms with Crippen molar-refractivity contribution < 1.29 is 42.4 Å². The van der Waals surface area contributed by atoms with Crippen molar-refractivity contribution in [1.82, 2.24) is 15.1 Å². The van der Waals surface area contributed by atoms with Crippen LogP contribution in [0.5, 0.6) is 23.0 Å². The van der Waals surface area contributed by atoms with Gasteiger partial charge in [-0.25, -0.2) is 14.0 Å². The van der Waals surface area contributed by atoms with Crippen LogP contribution >= 0.6 is 21.6 Å². The first-order valence-electron chi connectivity index (χ1n) is 19.4. The van der Waals surface area contributed by atoms with E-state index in [2.05, 4.69) is 36.4 Å². The number of likely N-dealkylation sites (tertiary alicyclic amines) is 1. The highest BCUT2D eigenvalue weighted by molar-refractivity contribution is 8.76. The molecule has 2 heterocycles. The molecule has 3 atom stereocenters. The summed E-state index contributed by atoms with van der Waals surface area (Å²) in [6.45, 7) is 3.02. The van der Waals surface area contributed by atoms with E-state index in [1.54, 1.807) is 39.7 Å². The molecular formula is C42H54FN3O8S2. The predicted octanol–water partition coefficient (Wildman–Crippen LogP) is 8.34. The van der Waals surface area contributed by atoms with Gasteiger partial charge < -0.3 is 43.5 Å². The summed E-state index contributed by atoms with van der Waals surface area (Å²) in [6, 6.07) is 20.2. The molecule has 304 valence electrons. The van der Waals surface area contributed by atoms with Crippen molar-refractivity contribution in [1.29, 1.82) is 0 Å². The lowest BCUT2D eigenvalue weighted by Crippen LogP contribution is -2.48. The van der Waals surface area contributed by atoms with Crippen LogP contribution in [0.1, 0.15) is 61.5 Å². The topological polar surface area (TPSA) is 108 Å². The van der Waals surface area contributed by atoms with Crippen LogP contribution in [0.25, 0.3) is 0 Å². The molecule has 0 aromatic heterocycles. The molecule has 56 heavy (non-hydrogen) atoms. The van der Waals surface area contributed by atoms with Gasteiger partial charge >= 0.3 is 12.2 Å². The number of nitrogens with one attached hydrogen (secondary N) is 1. The molecule has 1 aliphatic carbocycles. The van der Waals surface area contributed by atoms with Crippen LogP contribution in [0.3, 0.4) is 0 Å². The zero-order chi connectivity index (χ0) is 39.3. The molecule has 0 spiro atoms. The van der Waals surface area contributed by atoms with E-state index in [-0.39, 0.29) is 49.2 Å². The Balaban J connectivity index is 0.923. The molecule has 0 bridgehead atoms. The molecule has 11 nitrogen and oxygen atoms in total. The standard InChI is InChI=1S/C42H54FN3O8S2/c1-45(2)27-37(31-9-13-34(49-3)14-10-31)42(18-5-4-6-19-42)54-40(47)44-20-23-55-56-24-22-50-41(48)46-21-17-36(30-7-11-33(43)12-8-30)32(26-46)28-51-35-15-16-38-39(25-35)53-29-52-38/h7-16,25,32,36-37H,4-6,17-24,26-29H2,1-3H3,(H,44,47). The van der Waals surface area contributed by atoms with Crippen LogP contribution < -0.4 is 24.3 Å². The smallest absolute Gasteiger partial charge is 0.409 e. The molecule has 2 fully saturated rings. The number of amides is 2. The Morgan fingerprint density at radius 1 is 0.964 bits per heavy atom. The van der Waals surface area contributed by atoms with Crippen LogP contribution in [0.15, 0.2) is 66.7 Å². The molecule has 1 N–H and O–H groups in total. The van der Waals surface area contributed by atoms with Crippen molar-refractivity contribution in [2.75, 3.05) is 78.9 Å². The van der Waals surface area contributed by atoms with Gasteiger partial charge in [0.25, 0.3) is 0 Å². The maximum atomic E-state index is 13.7. The first-order valence-corrected chi connectivity index (χ1v) is 21.9. The molecule has 6 rings (SSSR count). The lowest BCUT2D eigenvalue weighted by Gasteiger charge is -2.44. The average Bonchev–Trinajstić information content (AvgIpc) is 3.69. The van der Waals surface area contributed by atoms with Crippen molar-refractivity contribution in [2.45, 2.75) is 56.0 Å². The highest BCUT2D eigenvalue weighted by Gasteiger charge is 2.44. The normalized spacial score (nSPS) is 19.3. The molecule has 14 heteroatoms. The summed E-state index contributed by atoms with van der Waals surface area (Å²) in [5.41, 5.74) is 1.58. The third kappa shape index (κ3) is 11.3. The minimum atomic E-state index is -0.580. The third-order valence-electron chi connectivity index (χ3n) is 10.7. The minimum Gasteiger partial charge on any atom is -0.497 e. The van der Waals surface area contributed by atoms with E-state index in [0.717, 1.165) is 55.5 Å². The number of piperidine rings is 1. The van der Waals surface area contributed by atoms with Gasteiger partial charge in [0.1, 0.15) is 29.5 Å². The quantitative estimate of drug-likeness (QED) is 0.105. The second-order valence-electron chi connectivity index (χ2n) is 14.8. The van der Waals surface area contributed by atoms with Crippen LogP contribution in [-0.4, -0.2) is 106 Å². The molecule has 0 radical (unpaired) electrons. The minimum absolute atomic E-state index is 0.0312. The van der Waals surface area contributed by atoms with Gasteiger partial charge in [0.05, 0.1) is 13.7 Å². The first-order chi connectivity index (χ1) is 27.2. The van der Waals surface area contributed by atoms with Gasteiger partial charge in [-0.3, -0.25) is 0 Å². The van der Waals surface area contributed by atoms with Crippen LogP contribution in [0, 0.1) is 11.7 Å². The number of rotatable bonds is 17. The highest BCUT2D eigenvalue weighted by Crippen LogP contribution is 2.44. The summed E-state index contributed by atoms with van der Waals surface area (Å²) in [5, 5.41) is 2.98. The van der Waals surface area contributed by atoms with Crippen molar-refractivity contribution >= 4 is 33.8 Å². The Labute approximate surface area is 337 Å². The Morgan fingerprint density at radius 3 is 2.45 bits per heavy atom. The van der Waals surface area contributed by atoms with Gasteiger partial charge in [0, 0.05) is 55.6 Å². The number of alkyl carbamates (subject to hydrolysis) is 1. The Bertz CT molecular complexity index is 1710. The van der Waals surface area contributed by atoms with E-state index >= 15 is 0 Å². The third-order valence-corrected chi connectivity index (χ3v) is 13.1. The fraction of sp³-hybridized carbons (Fsp3) is 0.524. The molecule has 1 saturated carbocycles. The van der Waals surface area contributed by atoms with Crippen LogP contribution in [0.4, 0.5) is 14.0 Å². The highest BCUT2D eigenvalue weighted by atomic mass is 33.1. The van der Waals surface area contributed by atoms with E-state index in [0.29, 0.717) is 61.4 Å². The van der Waals surface area contributed by atoms with E-state index in [1.165, 1.54) is 12.1 Å². The molecule has 3 aromatic carbocycles. The van der Waals surface area contributed by atoms with Crippen molar-refractivity contribution in [3.05, 3.63) is 83.7 Å². The lowest BCUT2D eigenvalue weighted by atomic mass is 9.72. The monoisotopic (exact) mass is 811 g/mol. The molecule has 3 unspecified atom stereocenters. The summed E-state index contributed by atoms with van der Waals surface area (Å²) in [5.74, 6) is 3.87. The number of carbonyl (C=O) groups is 2. The van der Waals surface area contributed by atoms with Crippen molar-refractivity contribution in [3.63, 3.8) is 0 Å². The number of benzene rings is 3. The van der Waals surface area contributed by atoms with Gasteiger partial charge in [0.2, 0.25) is 6.79 Å². The van der Waals surface area contributed by atoms with E-state index in [1.807, 2.05) is 36.4 Å². The number of likely N-dealkylation sites (N-methyl/N-ethyl adjacent to an activating group) is 1. The lowest BCUT2D eigenvalue weighted by molar-refractivity contribution is -0.0422. The zero-order valence-electron chi connectivity index (χ0n) is 32.5. The Kier molecular flexibility index (Phi) is 15.2. The van der Waals surface area contributed by atoms with Crippen LogP contribution in [0.2, 0.25) is 0 Å². The molecule has 1 saturated heterocycles. The van der Waals surface area contributed by atoms with Crippen molar-refractivity contribution in [2.24, 2.45) is 5.92 Å². The van der Waals surface area contributed by atoms with Gasteiger partial charge in [-0.15, -0.1) is 0 Å². The predicted molar refractivity (Wildman–Crippen MR) is 218 cm³/mol. The first kappa shape index (κ1) is 41.6. The molecule has 2 aliphatic heterocycles. The van der Waals surface area contributed by atoms with Crippen LogP contribution in [-0.2, 0) is 9.47 Å². The SMILES string of the molecule is COc1ccc(C(CN(C)C)C2(OC(=O)NCCSSCCOC(=O)N3CCC(c4ccc(F)cc4)C(COc4ccc5c(c4)OCO5)C3)CCCCC2)cc1. The molecule has 3 aromatic rings. The Morgan fingerprint density at radius 2 is 1.70 bits per heavy atom. The summed E-state index contributed by atoms with van der Waals surface area (Å²) in [4.78, 5) is 30.3. The van der Waals surface area contributed by atoms with E-state index in [4.69, 9.17) is 28.4 Å². The van der Waals surface area contributed by atoms with Gasteiger partial charge in [-0.1, -0.05) is 52.3 Å². The zero-order valence-corrected chi connectivity index (χ0v) is 34.2. The molecular weight excluding hydrogens is 758 g/mol. The molecule has 2 amide bonds. The number of hydrogen-bond acceptors (Lipinski definition) is 11. The summed E-state index contributed by atoms with van der Waals surface area (Å²) in [6.07, 6.45) is 4.81. The van der Waals surface area contributed by atoms with Gasteiger partial charge in [0.15, 0.2) is 11.5 Å². The number of ether oxygens (including phenoxy) is 6.